The molecule has 13 heavy (non-hydrogen) atoms. The monoisotopic (exact) mass is 260 g/mol. The molecule has 0 saturated heterocycles. The Morgan fingerprint density at radius 3 is 2.69 bits per heavy atom. The van der Waals surface area contributed by atoms with Crippen LogP contribution in [-0.2, 0) is 5.75 Å². The molecule has 0 bridgehead atoms. The van der Waals surface area contributed by atoms with Gasteiger partial charge >= 0.3 is 0 Å². The lowest BCUT2D eigenvalue weighted by atomic mass is 10.2. The van der Waals surface area contributed by atoms with Gasteiger partial charge in [0.25, 0.3) is 0 Å². The largest absolute Gasteiger partial charge is 0.508 e. The van der Waals surface area contributed by atoms with Crippen molar-refractivity contribution < 1.29 is 5.11 Å². The number of aromatic hydroxyl groups is 1. The summed E-state index contributed by atoms with van der Waals surface area (Å²) in [6.45, 7) is 4.31. The first kappa shape index (κ1) is 10.9. The smallest absolute Gasteiger partial charge is 0.120 e. The van der Waals surface area contributed by atoms with Crippen molar-refractivity contribution in [3.05, 3.63) is 28.2 Å². The lowest BCUT2D eigenvalue weighted by molar-refractivity contribution is 0.470. The van der Waals surface area contributed by atoms with Crippen LogP contribution in [-0.4, -0.2) is 10.4 Å². The van der Waals surface area contributed by atoms with Crippen molar-refractivity contribution in [3.63, 3.8) is 0 Å². The Bertz CT molecular complexity index is 286. The minimum absolute atomic E-state index is 0.377. The molecule has 0 heterocycles. The van der Waals surface area contributed by atoms with Crippen molar-refractivity contribution in [3.8, 4) is 5.75 Å². The highest BCUT2D eigenvalue weighted by atomic mass is 79.9. The molecule has 0 radical (unpaired) electrons. The third-order valence-corrected chi connectivity index (χ3v) is 3.26. The van der Waals surface area contributed by atoms with Gasteiger partial charge in [-0.25, -0.2) is 0 Å². The SMILES string of the molecule is CC(C)SCc1ccc(Br)cc1O. The second-order valence-corrected chi connectivity index (χ2v) is 5.61. The summed E-state index contributed by atoms with van der Waals surface area (Å²) in [6.07, 6.45) is 0. The second-order valence-electron chi connectivity index (χ2n) is 3.13. The number of rotatable bonds is 3. The van der Waals surface area contributed by atoms with E-state index in [0.29, 0.717) is 11.0 Å². The van der Waals surface area contributed by atoms with E-state index in [2.05, 4.69) is 29.8 Å². The van der Waals surface area contributed by atoms with Gasteiger partial charge in [-0.15, -0.1) is 0 Å². The molecule has 0 fully saturated rings. The average molecular weight is 261 g/mol. The maximum Gasteiger partial charge on any atom is 0.120 e. The summed E-state index contributed by atoms with van der Waals surface area (Å²) >= 11 is 5.14. The predicted octanol–water partition coefficient (Wildman–Crippen LogP) is 3.80. The van der Waals surface area contributed by atoms with Gasteiger partial charge < -0.3 is 5.11 Å². The van der Waals surface area contributed by atoms with Gasteiger partial charge in [0.2, 0.25) is 0 Å². The summed E-state index contributed by atoms with van der Waals surface area (Å²) in [5.41, 5.74) is 1.00. The van der Waals surface area contributed by atoms with Crippen LogP contribution >= 0.6 is 27.7 Å². The molecule has 0 amide bonds. The van der Waals surface area contributed by atoms with E-state index in [1.165, 1.54) is 0 Å². The highest BCUT2D eigenvalue weighted by Gasteiger charge is 2.02. The van der Waals surface area contributed by atoms with Crippen LogP contribution in [0.25, 0.3) is 0 Å². The van der Waals surface area contributed by atoms with Gasteiger partial charge in [0.05, 0.1) is 0 Å². The first-order valence-electron chi connectivity index (χ1n) is 4.18. The molecular formula is C10H13BrOS. The maximum atomic E-state index is 9.56. The molecule has 0 aliphatic carbocycles. The van der Waals surface area contributed by atoms with Crippen LogP contribution in [0.5, 0.6) is 5.75 Å². The van der Waals surface area contributed by atoms with Crippen LogP contribution in [0.4, 0.5) is 0 Å². The van der Waals surface area contributed by atoms with E-state index >= 15 is 0 Å². The van der Waals surface area contributed by atoms with Crippen LogP contribution in [0.2, 0.25) is 0 Å². The van der Waals surface area contributed by atoms with Crippen molar-refractivity contribution in [2.45, 2.75) is 24.9 Å². The number of halogens is 1. The molecule has 0 saturated carbocycles. The van der Waals surface area contributed by atoms with Gasteiger partial charge in [0, 0.05) is 15.8 Å². The molecule has 0 spiro atoms. The summed E-state index contributed by atoms with van der Waals surface area (Å²) in [5, 5.41) is 10.2. The van der Waals surface area contributed by atoms with Crippen LogP contribution in [0.15, 0.2) is 22.7 Å². The minimum Gasteiger partial charge on any atom is -0.508 e. The van der Waals surface area contributed by atoms with E-state index in [0.717, 1.165) is 15.8 Å². The fourth-order valence-electron chi connectivity index (χ4n) is 0.916. The van der Waals surface area contributed by atoms with Crippen molar-refractivity contribution in [2.24, 2.45) is 0 Å². The maximum absolute atomic E-state index is 9.56. The van der Waals surface area contributed by atoms with Crippen molar-refractivity contribution in [1.29, 1.82) is 0 Å². The van der Waals surface area contributed by atoms with E-state index in [9.17, 15) is 5.11 Å². The normalized spacial score (nSPS) is 10.8. The molecule has 1 rings (SSSR count). The predicted molar refractivity (Wildman–Crippen MR) is 62.2 cm³/mol. The molecule has 0 unspecified atom stereocenters. The number of benzene rings is 1. The number of phenolic OH excluding ortho intramolecular Hbond substituents is 1. The molecule has 0 atom stereocenters. The lowest BCUT2D eigenvalue weighted by Crippen LogP contribution is -1.89. The molecule has 0 aromatic heterocycles. The number of thioether (sulfide) groups is 1. The molecule has 0 aliphatic heterocycles. The van der Waals surface area contributed by atoms with Gasteiger partial charge in [-0.05, 0) is 17.4 Å². The van der Waals surface area contributed by atoms with E-state index in [-0.39, 0.29) is 0 Å². The van der Waals surface area contributed by atoms with Crippen LogP contribution in [0.3, 0.4) is 0 Å². The first-order valence-corrected chi connectivity index (χ1v) is 6.03. The Morgan fingerprint density at radius 2 is 2.15 bits per heavy atom. The second kappa shape index (κ2) is 4.91. The Kier molecular flexibility index (Phi) is 4.13. The fourth-order valence-corrected chi connectivity index (χ4v) is 2.02. The topological polar surface area (TPSA) is 20.2 Å². The van der Waals surface area contributed by atoms with Gasteiger partial charge in [-0.1, -0.05) is 35.8 Å². The minimum atomic E-state index is 0.377. The van der Waals surface area contributed by atoms with E-state index < -0.39 is 0 Å². The average Bonchev–Trinajstić information content (AvgIpc) is 2.02. The Balaban J connectivity index is 2.67. The number of phenols is 1. The van der Waals surface area contributed by atoms with Gasteiger partial charge in [-0.3, -0.25) is 0 Å². The highest BCUT2D eigenvalue weighted by molar-refractivity contribution is 9.10. The summed E-state index contributed by atoms with van der Waals surface area (Å²) in [6, 6.07) is 5.64. The zero-order valence-electron chi connectivity index (χ0n) is 7.75. The Hall–Kier alpha value is -0.150. The van der Waals surface area contributed by atoms with Crippen LogP contribution in [0, 0.1) is 0 Å². The zero-order chi connectivity index (χ0) is 9.84. The number of hydrogen-bond acceptors (Lipinski definition) is 2. The van der Waals surface area contributed by atoms with Gasteiger partial charge in [0.15, 0.2) is 0 Å². The van der Waals surface area contributed by atoms with Crippen molar-refractivity contribution in [2.75, 3.05) is 0 Å². The molecule has 1 aromatic rings. The van der Waals surface area contributed by atoms with Crippen molar-refractivity contribution in [1.82, 2.24) is 0 Å². The molecule has 0 aliphatic rings. The summed E-state index contributed by atoms with van der Waals surface area (Å²) in [7, 11) is 0. The number of hydrogen-bond donors (Lipinski definition) is 1. The third kappa shape index (κ3) is 3.61. The standard InChI is InChI=1S/C10H13BrOS/c1-7(2)13-6-8-3-4-9(11)5-10(8)12/h3-5,7,12H,6H2,1-2H3. The Labute approximate surface area is 91.7 Å². The first-order chi connectivity index (χ1) is 6.09. The van der Waals surface area contributed by atoms with Gasteiger partial charge in [0.1, 0.15) is 5.75 Å². The zero-order valence-corrected chi connectivity index (χ0v) is 10.2. The van der Waals surface area contributed by atoms with Crippen molar-refractivity contribution >= 4 is 27.7 Å². The van der Waals surface area contributed by atoms with Gasteiger partial charge in [-0.2, -0.15) is 11.8 Å². The lowest BCUT2D eigenvalue weighted by Gasteiger charge is -2.06. The molecule has 3 heteroatoms. The van der Waals surface area contributed by atoms with E-state index in [1.54, 1.807) is 6.07 Å². The van der Waals surface area contributed by atoms with E-state index in [1.807, 2.05) is 23.9 Å². The summed E-state index contributed by atoms with van der Waals surface area (Å²) in [4.78, 5) is 0. The quantitative estimate of drug-likeness (QED) is 0.893. The summed E-state index contributed by atoms with van der Waals surface area (Å²) in [5.74, 6) is 1.25. The van der Waals surface area contributed by atoms with Crippen LogP contribution < -0.4 is 0 Å². The molecule has 1 nitrogen and oxygen atoms in total. The summed E-state index contributed by atoms with van der Waals surface area (Å²) < 4.78 is 0.920. The third-order valence-electron chi connectivity index (χ3n) is 1.62. The molecule has 72 valence electrons. The van der Waals surface area contributed by atoms with E-state index in [4.69, 9.17) is 0 Å². The fraction of sp³-hybridized carbons (Fsp3) is 0.400. The molecule has 1 aromatic carbocycles. The molecule has 1 N–H and O–H groups in total. The highest BCUT2D eigenvalue weighted by Crippen LogP contribution is 2.27. The molecular weight excluding hydrogens is 248 g/mol. The van der Waals surface area contributed by atoms with Crippen LogP contribution in [0.1, 0.15) is 19.4 Å². The Morgan fingerprint density at radius 1 is 1.46 bits per heavy atom.